The van der Waals surface area contributed by atoms with Gasteiger partial charge < -0.3 is 14.6 Å². The summed E-state index contributed by atoms with van der Waals surface area (Å²) in [6.45, 7) is 7.00. The van der Waals surface area contributed by atoms with E-state index >= 15 is 0 Å². The number of benzene rings is 2. The van der Waals surface area contributed by atoms with Crippen LogP contribution in [0.1, 0.15) is 57.6 Å². The van der Waals surface area contributed by atoms with E-state index in [0.717, 1.165) is 18.4 Å². The second-order valence-corrected chi connectivity index (χ2v) is 10.1. The summed E-state index contributed by atoms with van der Waals surface area (Å²) in [6, 6.07) is 10.9. The van der Waals surface area contributed by atoms with Crippen molar-refractivity contribution in [3.63, 3.8) is 0 Å². The number of carbonyl (C=O) groups excluding carboxylic acids is 1. The zero-order valence-electron chi connectivity index (χ0n) is 19.0. The van der Waals surface area contributed by atoms with E-state index in [0.29, 0.717) is 44.7 Å². The molecule has 1 saturated carbocycles. The molecule has 1 aliphatic carbocycles. The van der Waals surface area contributed by atoms with Crippen LogP contribution in [0.25, 0.3) is 16.6 Å². The summed E-state index contributed by atoms with van der Waals surface area (Å²) >= 11 is 6.03. The molecule has 0 atom stereocenters. The Morgan fingerprint density at radius 2 is 1.82 bits per heavy atom. The van der Waals surface area contributed by atoms with Gasteiger partial charge in [-0.05, 0) is 87.9 Å². The molecule has 1 aliphatic heterocycles. The quantitative estimate of drug-likeness (QED) is 0.482. The molecule has 0 spiro atoms. The number of rotatable bonds is 4. The normalized spacial score (nSPS) is 19.7. The molecule has 33 heavy (non-hydrogen) atoms. The van der Waals surface area contributed by atoms with Gasteiger partial charge in [0, 0.05) is 5.02 Å². The van der Waals surface area contributed by atoms with Crippen LogP contribution in [0.4, 0.5) is 0 Å². The SMILES string of the molecule is CC1(C)OC(C)(C)C(O)=C(c2cc(Oc3cnc4cc(Cl)ccc4n3)ccc2C2CC2)C1=O. The predicted octanol–water partition coefficient (Wildman–Crippen LogP) is 6.38. The van der Waals surface area contributed by atoms with Gasteiger partial charge in [-0.3, -0.25) is 4.79 Å². The van der Waals surface area contributed by atoms with Crippen LogP contribution in [0.15, 0.2) is 48.4 Å². The van der Waals surface area contributed by atoms with E-state index in [1.54, 1.807) is 45.9 Å². The first-order chi connectivity index (χ1) is 15.5. The third kappa shape index (κ3) is 3.98. The van der Waals surface area contributed by atoms with Crippen LogP contribution in [0.3, 0.4) is 0 Å². The van der Waals surface area contributed by atoms with Gasteiger partial charge in [0.2, 0.25) is 5.88 Å². The number of fused-ring (bicyclic) bond motifs is 1. The maximum absolute atomic E-state index is 13.4. The van der Waals surface area contributed by atoms with E-state index in [2.05, 4.69) is 9.97 Å². The van der Waals surface area contributed by atoms with Gasteiger partial charge in [-0.1, -0.05) is 17.7 Å². The monoisotopic (exact) mass is 464 g/mol. The number of Topliss-reactive ketones (excluding diaryl/α,β-unsaturated/α-hetero) is 1. The molecule has 2 aromatic carbocycles. The number of aliphatic hydroxyl groups is 1. The Balaban J connectivity index is 1.59. The van der Waals surface area contributed by atoms with E-state index in [4.69, 9.17) is 21.1 Å². The lowest BCUT2D eigenvalue weighted by Gasteiger charge is -2.40. The zero-order valence-corrected chi connectivity index (χ0v) is 19.7. The molecule has 3 aromatic rings. The van der Waals surface area contributed by atoms with Crippen molar-refractivity contribution in [1.82, 2.24) is 9.97 Å². The fraction of sp³-hybridized carbons (Fsp3) is 0.346. The van der Waals surface area contributed by atoms with Gasteiger partial charge >= 0.3 is 0 Å². The van der Waals surface area contributed by atoms with Crippen LogP contribution >= 0.6 is 11.6 Å². The lowest BCUT2D eigenvalue weighted by molar-refractivity contribution is -0.158. The average Bonchev–Trinajstić information content (AvgIpc) is 3.58. The standard InChI is InChI=1S/C26H25ClN2O4/c1-25(2)23(30)22(24(31)26(3,4)33-25)18-12-16(8-9-17(18)14-5-6-14)32-21-13-28-20-11-15(27)7-10-19(20)29-21/h7-14,30H,5-6H2,1-4H3. The lowest BCUT2D eigenvalue weighted by Crippen LogP contribution is -2.49. The molecule has 2 aliphatic rings. The van der Waals surface area contributed by atoms with Crippen molar-refractivity contribution in [3.8, 4) is 11.6 Å². The summed E-state index contributed by atoms with van der Waals surface area (Å²) < 4.78 is 11.9. The summed E-state index contributed by atoms with van der Waals surface area (Å²) in [4.78, 5) is 22.3. The Morgan fingerprint density at radius 1 is 1.06 bits per heavy atom. The molecule has 6 nitrogen and oxygen atoms in total. The molecule has 0 amide bonds. The molecule has 170 valence electrons. The minimum Gasteiger partial charge on any atom is -0.508 e. The number of ketones is 1. The minimum atomic E-state index is -1.06. The van der Waals surface area contributed by atoms with Gasteiger partial charge in [0.1, 0.15) is 22.7 Å². The summed E-state index contributed by atoms with van der Waals surface area (Å²) in [5.41, 5.74) is 1.29. The van der Waals surface area contributed by atoms with Crippen molar-refractivity contribution in [2.45, 2.75) is 57.7 Å². The second-order valence-electron chi connectivity index (χ2n) is 9.64. The molecule has 1 fully saturated rings. The molecule has 5 rings (SSSR count). The molecule has 2 heterocycles. The molecule has 1 aromatic heterocycles. The van der Waals surface area contributed by atoms with Crippen molar-refractivity contribution in [3.05, 3.63) is 64.5 Å². The molecule has 0 unspecified atom stereocenters. The van der Waals surface area contributed by atoms with Crippen molar-refractivity contribution in [2.24, 2.45) is 0 Å². The van der Waals surface area contributed by atoms with Crippen LogP contribution < -0.4 is 4.74 Å². The third-order valence-corrected chi connectivity index (χ3v) is 6.34. The number of ether oxygens (including phenoxy) is 2. The van der Waals surface area contributed by atoms with E-state index in [9.17, 15) is 9.90 Å². The Bertz CT molecular complexity index is 1330. The van der Waals surface area contributed by atoms with Crippen molar-refractivity contribution >= 4 is 34.0 Å². The predicted molar refractivity (Wildman–Crippen MR) is 127 cm³/mol. The van der Waals surface area contributed by atoms with Gasteiger partial charge in [0.25, 0.3) is 0 Å². The Kier molecular flexibility index (Phi) is 4.99. The van der Waals surface area contributed by atoms with Crippen LogP contribution in [0.2, 0.25) is 5.02 Å². The highest BCUT2D eigenvalue weighted by Crippen LogP contribution is 2.48. The third-order valence-electron chi connectivity index (χ3n) is 6.11. The molecule has 0 saturated heterocycles. The van der Waals surface area contributed by atoms with Crippen LogP contribution in [0, 0.1) is 0 Å². The summed E-state index contributed by atoms with van der Waals surface area (Å²) in [7, 11) is 0. The number of halogens is 1. The zero-order chi connectivity index (χ0) is 23.5. The molecule has 7 heteroatoms. The van der Waals surface area contributed by atoms with Gasteiger partial charge in [-0.25, -0.2) is 9.97 Å². The lowest BCUT2D eigenvalue weighted by atomic mass is 9.81. The number of hydrogen-bond acceptors (Lipinski definition) is 6. The van der Waals surface area contributed by atoms with Crippen LogP contribution in [-0.2, 0) is 9.53 Å². The molecule has 0 radical (unpaired) electrons. The molecular weight excluding hydrogens is 440 g/mol. The number of nitrogens with zero attached hydrogens (tertiary/aromatic N) is 2. The number of aromatic nitrogens is 2. The van der Waals surface area contributed by atoms with Crippen molar-refractivity contribution in [2.75, 3.05) is 0 Å². The van der Waals surface area contributed by atoms with Crippen LogP contribution in [-0.4, -0.2) is 32.1 Å². The van der Waals surface area contributed by atoms with Gasteiger partial charge in [0.15, 0.2) is 5.78 Å². The smallest absolute Gasteiger partial charge is 0.238 e. The maximum atomic E-state index is 13.4. The molecule has 0 bridgehead atoms. The van der Waals surface area contributed by atoms with Gasteiger partial charge in [0.05, 0.1) is 22.8 Å². The first kappa shape index (κ1) is 21.9. The topological polar surface area (TPSA) is 81.5 Å². The van der Waals surface area contributed by atoms with E-state index < -0.39 is 11.2 Å². The summed E-state index contributed by atoms with van der Waals surface area (Å²) in [5.74, 6) is 0.884. The molecule has 1 N–H and O–H groups in total. The van der Waals surface area contributed by atoms with Crippen LogP contribution in [0.5, 0.6) is 11.6 Å². The highest BCUT2D eigenvalue weighted by Gasteiger charge is 2.48. The first-order valence-electron chi connectivity index (χ1n) is 11.0. The van der Waals surface area contributed by atoms with E-state index in [-0.39, 0.29) is 11.5 Å². The summed E-state index contributed by atoms with van der Waals surface area (Å²) in [6.07, 6.45) is 3.64. The van der Waals surface area contributed by atoms with Crippen molar-refractivity contribution < 1.29 is 19.4 Å². The Labute approximate surface area is 197 Å². The number of aliphatic hydroxyl groups excluding tert-OH is 1. The van der Waals surface area contributed by atoms with Gasteiger partial charge in [-0.2, -0.15) is 0 Å². The molecular formula is C26H25ClN2O4. The highest BCUT2D eigenvalue weighted by molar-refractivity contribution is 6.31. The first-order valence-corrected chi connectivity index (χ1v) is 11.4. The fourth-order valence-corrected chi connectivity index (χ4v) is 4.56. The Hall–Kier alpha value is -2.96. The summed E-state index contributed by atoms with van der Waals surface area (Å²) in [5, 5.41) is 11.6. The van der Waals surface area contributed by atoms with E-state index in [1.165, 1.54) is 6.20 Å². The minimum absolute atomic E-state index is 0.0618. The second kappa shape index (κ2) is 7.54. The Morgan fingerprint density at radius 3 is 2.55 bits per heavy atom. The van der Waals surface area contributed by atoms with Gasteiger partial charge in [-0.15, -0.1) is 0 Å². The average molecular weight is 465 g/mol. The number of hydrogen-bond donors (Lipinski definition) is 1. The van der Waals surface area contributed by atoms with Crippen molar-refractivity contribution in [1.29, 1.82) is 0 Å². The van der Waals surface area contributed by atoms with E-state index in [1.807, 2.05) is 18.2 Å². The maximum Gasteiger partial charge on any atom is 0.238 e. The fourth-order valence-electron chi connectivity index (χ4n) is 4.39. The number of carbonyl (C=O) groups is 1. The largest absolute Gasteiger partial charge is 0.508 e. The highest BCUT2D eigenvalue weighted by atomic mass is 35.5.